The Labute approximate surface area is 91.8 Å². The highest BCUT2D eigenvalue weighted by molar-refractivity contribution is 5.10. The molecule has 0 spiro atoms. The van der Waals surface area contributed by atoms with Gasteiger partial charge in [0.1, 0.15) is 11.5 Å². The zero-order valence-corrected chi connectivity index (χ0v) is 8.97. The summed E-state index contributed by atoms with van der Waals surface area (Å²) in [6.45, 7) is 1.91. The van der Waals surface area contributed by atoms with E-state index in [-0.39, 0.29) is 6.42 Å². The van der Waals surface area contributed by atoms with E-state index in [9.17, 15) is 13.2 Å². The van der Waals surface area contributed by atoms with E-state index in [1.165, 1.54) is 0 Å². The van der Waals surface area contributed by atoms with Crippen molar-refractivity contribution in [3.63, 3.8) is 0 Å². The highest BCUT2D eigenvalue weighted by Crippen LogP contribution is 2.28. The molecular weight excluding hydrogens is 221 g/mol. The summed E-state index contributed by atoms with van der Waals surface area (Å²) in [6.07, 6.45) is -4.48. The molecule has 6 heteroatoms. The van der Waals surface area contributed by atoms with Gasteiger partial charge in [-0.05, 0) is 18.6 Å². The third kappa shape index (κ3) is 3.86. The van der Waals surface area contributed by atoms with E-state index in [0.29, 0.717) is 12.2 Å². The maximum atomic E-state index is 12.0. The van der Waals surface area contributed by atoms with Crippen LogP contribution in [-0.2, 0) is 6.42 Å². The second kappa shape index (κ2) is 5.36. The highest BCUT2D eigenvalue weighted by Gasteiger charge is 2.29. The van der Waals surface area contributed by atoms with Crippen LogP contribution in [0.3, 0.4) is 0 Å². The summed E-state index contributed by atoms with van der Waals surface area (Å²) in [5.41, 5.74) is 2.33. The molecule has 0 aromatic carbocycles. The predicted octanol–water partition coefficient (Wildman–Crippen LogP) is 2.69. The lowest BCUT2D eigenvalue weighted by Gasteiger charge is -2.14. The molecule has 1 unspecified atom stereocenters. The van der Waals surface area contributed by atoms with Crippen LogP contribution in [0.5, 0.6) is 0 Å². The Kier molecular flexibility index (Phi) is 4.37. The van der Waals surface area contributed by atoms with Crippen molar-refractivity contribution in [2.24, 2.45) is 5.84 Å². The van der Waals surface area contributed by atoms with Crippen LogP contribution in [-0.4, -0.2) is 6.18 Å². The first-order valence-electron chi connectivity index (χ1n) is 5.07. The van der Waals surface area contributed by atoms with Crippen molar-refractivity contribution in [1.29, 1.82) is 0 Å². The van der Waals surface area contributed by atoms with Gasteiger partial charge in [-0.2, -0.15) is 13.2 Å². The molecule has 0 saturated heterocycles. The van der Waals surface area contributed by atoms with Crippen LogP contribution in [0.2, 0.25) is 0 Å². The molecule has 16 heavy (non-hydrogen) atoms. The van der Waals surface area contributed by atoms with Gasteiger partial charge in [0, 0.05) is 12.8 Å². The minimum atomic E-state index is -4.17. The first-order chi connectivity index (χ1) is 7.46. The number of aryl methyl sites for hydroxylation is 1. The molecule has 0 aliphatic rings. The maximum Gasteiger partial charge on any atom is 0.389 e. The van der Waals surface area contributed by atoms with E-state index >= 15 is 0 Å². The molecule has 1 rings (SSSR count). The van der Waals surface area contributed by atoms with Gasteiger partial charge in [-0.15, -0.1) is 0 Å². The summed E-state index contributed by atoms with van der Waals surface area (Å²) in [4.78, 5) is 0. The molecule has 1 aromatic rings. The Hall–Kier alpha value is -1.01. The van der Waals surface area contributed by atoms with Gasteiger partial charge in [0.15, 0.2) is 0 Å². The average molecular weight is 236 g/mol. The number of nitrogens with one attached hydrogen (secondary N) is 1. The van der Waals surface area contributed by atoms with E-state index in [4.69, 9.17) is 10.3 Å². The zero-order valence-electron chi connectivity index (χ0n) is 8.97. The molecule has 0 bridgehead atoms. The Balaban J connectivity index is 2.60. The van der Waals surface area contributed by atoms with Crippen LogP contribution < -0.4 is 11.3 Å². The topological polar surface area (TPSA) is 51.2 Å². The van der Waals surface area contributed by atoms with Gasteiger partial charge in [0.25, 0.3) is 0 Å². The third-order valence-corrected chi connectivity index (χ3v) is 2.29. The van der Waals surface area contributed by atoms with E-state index in [0.717, 1.165) is 5.76 Å². The van der Waals surface area contributed by atoms with E-state index < -0.39 is 18.6 Å². The van der Waals surface area contributed by atoms with E-state index in [2.05, 4.69) is 5.43 Å². The van der Waals surface area contributed by atoms with Gasteiger partial charge in [-0.1, -0.05) is 6.92 Å². The Morgan fingerprint density at radius 3 is 2.56 bits per heavy atom. The Morgan fingerprint density at radius 2 is 2.12 bits per heavy atom. The Bertz CT molecular complexity index is 322. The molecular formula is C10H15F3N2O. The number of alkyl halides is 3. The molecule has 1 aromatic heterocycles. The molecule has 0 radical (unpaired) electrons. The van der Waals surface area contributed by atoms with Gasteiger partial charge in [0.2, 0.25) is 0 Å². The number of furan rings is 1. The van der Waals surface area contributed by atoms with Crippen molar-refractivity contribution in [2.75, 3.05) is 0 Å². The van der Waals surface area contributed by atoms with Gasteiger partial charge >= 0.3 is 6.18 Å². The van der Waals surface area contributed by atoms with Crippen molar-refractivity contribution in [1.82, 2.24) is 5.43 Å². The fraction of sp³-hybridized carbons (Fsp3) is 0.600. The number of halogens is 3. The fourth-order valence-electron chi connectivity index (χ4n) is 1.39. The highest BCUT2D eigenvalue weighted by atomic mass is 19.4. The van der Waals surface area contributed by atoms with Crippen LogP contribution in [0, 0.1) is 0 Å². The SMILES string of the molecule is CCc1ccc(C(CCC(F)(F)F)NN)o1. The van der Waals surface area contributed by atoms with Gasteiger partial charge in [-0.3, -0.25) is 5.84 Å². The van der Waals surface area contributed by atoms with Crippen molar-refractivity contribution in [2.45, 2.75) is 38.4 Å². The smallest absolute Gasteiger partial charge is 0.389 e. The predicted molar refractivity (Wildman–Crippen MR) is 53.4 cm³/mol. The summed E-state index contributed by atoms with van der Waals surface area (Å²) >= 11 is 0. The second-order valence-corrected chi connectivity index (χ2v) is 3.53. The van der Waals surface area contributed by atoms with Crippen molar-refractivity contribution >= 4 is 0 Å². The van der Waals surface area contributed by atoms with Crippen molar-refractivity contribution in [3.8, 4) is 0 Å². The molecule has 1 heterocycles. The van der Waals surface area contributed by atoms with Gasteiger partial charge in [-0.25, -0.2) is 5.43 Å². The van der Waals surface area contributed by atoms with E-state index in [1.807, 2.05) is 6.92 Å². The maximum absolute atomic E-state index is 12.0. The normalized spacial score (nSPS) is 14.1. The minimum Gasteiger partial charge on any atom is -0.464 e. The fourth-order valence-corrected chi connectivity index (χ4v) is 1.39. The third-order valence-electron chi connectivity index (χ3n) is 2.29. The van der Waals surface area contributed by atoms with Crippen molar-refractivity contribution in [3.05, 3.63) is 23.7 Å². The van der Waals surface area contributed by atoms with Gasteiger partial charge in [0.05, 0.1) is 6.04 Å². The first-order valence-corrected chi connectivity index (χ1v) is 5.07. The van der Waals surface area contributed by atoms with Crippen LogP contribution in [0.15, 0.2) is 16.5 Å². The summed E-state index contributed by atoms with van der Waals surface area (Å²) < 4.78 is 41.5. The second-order valence-electron chi connectivity index (χ2n) is 3.53. The quantitative estimate of drug-likeness (QED) is 0.610. The number of hydrogen-bond donors (Lipinski definition) is 2. The summed E-state index contributed by atoms with van der Waals surface area (Å²) in [5.74, 6) is 6.39. The zero-order chi connectivity index (χ0) is 12.2. The molecule has 0 saturated carbocycles. The Morgan fingerprint density at radius 1 is 1.44 bits per heavy atom. The average Bonchev–Trinajstić information content (AvgIpc) is 2.65. The van der Waals surface area contributed by atoms with Crippen LogP contribution in [0.25, 0.3) is 0 Å². The van der Waals surface area contributed by atoms with Crippen LogP contribution in [0.4, 0.5) is 13.2 Å². The first kappa shape index (κ1) is 13.1. The minimum absolute atomic E-state index is 0.128. The lowest BCUT2D eigenvalue weighted by atomic mass is 10.1. The number of hydrazine groups is 1. The molecule has 0 amide bonds. The molecule has 92 valence electrons. The molecule has 1 atom stereocenters. The monoisotopic (exact) mass is 236 g/mol. The largest absolute Gasteiger partial charge is 0.464 e. The molecule has 0 aliphatic carbocycles. The molecule has 0 aliphatic heterocycles. The van der Waals surface area contributed by atoms with Crippen LogP contribution in [0.1, 0.15) is 37.3 Å². The molecule has 0 fully saturated rings. The van der Waals surface area contributed by atoms with E-state index in [1.54, 1.807) is 12.1 Å². The van der Waals surface area contributed by atoms with Crippen molar-refractivity contribution < 1.29 is 17.6 Å². The summed E-state index contributed by atoms with van der Waals surface area (Å²) in [6, 6.07) is 2.80. The number of rotatable bonds is 5. The molecule has 3 N–H and O–H groups in total. The number of hydrogen-bond acceptors (Lipinski definition) is 3. The lowest BCUT2D eigenvalue weighted by molar-refractivity contribution is -0.136. The summed E-state index contributed by atoms with van der Waals surface area (Å²) in [5, 5.41) is 0. The van der Waals surface area contributed by atoms with Gasteiger partial charge < -0.3 is 4.42 Å². The van der Waals surface area contributed by atoms with Crippen LogP contribution >= 0.6 is 0 Å². The lowest BCUT2D eigenvalue weighted by Crippen LogP contribution is -2.28. The molecule has 3 nitrogen and oxygen atoms in total. The standard InChI is InChI=1S/C10H15F3N2O/c1-2-7-3-4-9(16-7)8(15-14)5-6-10(11,12)13/h3-4,8,15H,2,5-6,14H2,1H3. The summed E-state index contributed by atoms with van der Waals surface area (Å²) in [7, 11) is 0. The number of nitrogens with two attached hydrogens (primary N) is 1.